The number of aliphatic hydroxyl groups is 4. The third kappa shape index (κ3) is 4.54. The number of benzene rings is 2. The normalized spacial score (nSPS) is 29.8. The molecule has 2 aliphatic rings. The van der Waals surface area contributed by atoms with Gasteiger partial charge in [0, 0.05) is 18.9 Å². The summed E-state index contributed by atoms with van der Waals surface area (Å²) in [7, 11) is 0. The van der Waals surface area contributed by atoms with Crippen LogP contribution in [0.2, 0.25) is 0 Å². The van der Waals surface area contributed by atoms with Crippen molar-refractivity contribution in [3.63, 3.8) is 0 Å². The van der Waals surface area contributed by atoms with E-state index < -0.39 is 30.3 Å². The molecule has 0 amide bonds. The molecule has 2 fully saturated rings. The standard InChI is InChI=1S/C25H32O5/c26-15-20-14-22(24(28)25(29)23(20)27)30-21-8-4-3-7-19(21)13-16-9-11-18(12-10-16)17-5-1-2-6-17/h3-4,7-12,17,20,22-29H,1-2,5-6,13-15H2/t20-,22-,23-,24+,25+/m1/s1. The zero-order chi connectivity index (χ0) is 21.1. The van der Waals surface area contributed by atoms with Gasteiger partial charge in [-0.15, -0.1) is 0 Å². The molecule has 2 saturated carbocycles. The lowest BCUT2D eigenvalue weighted by Gasteiger charge is -2.39. The van der Waals surface area contributed by atoms with Crippen molar-refractivity contribution in [2.24, 2.45) is 5.92 Å². The largest absolute Gasteiger partial charge is 0.487 e. The van der Waals surface area contributed by atoms with E-state index in [1.54, 1.807) is 0 Å². The maximum Gasteiger partial charge on any atom is 0.128 e. The van der Waals surface area contributed by atoms with Crippen molar-refractivity contribution in [3.05, 3.63) is 65.2 Å². The lowest BCUT2D eigenvalue weighted by molar-refractivity contribution is -0.157. The molecule has 0 bridgehead atoms. The average molecular weight is 413 g/mol. The van der Waals surface area contributed by atoms with Crippen molar-refractivity contribution < 1.29 is 25.2 Å². The summed E-state index contributed by atoms with van der Waals surface area (Å²) in [5, 5.41) is 40.0. The summed E-state index contributed by atoms with van der Waals surface area (Å²) in [4.78, 5) is 0. The van der Waals surface area contributed by atoms with Gasteiger partial charge in [0.15, 0.2) is 0 Å². The highest BCUT2D eigenvalue weighted by Gasteiger charge is 2.43. The molecular weight excluding hydrogens is 380 g/mol. The van der Waals surface area contributed by atoms with Crippen LogP contribution >= 0.6 is 0 Å². The van der Waals surface area contributed by atoms with Gasteiger partial charge in [-0.3, -0.25) is 0 Å². The molecule has 2 aliphatic carbocycles. The van der Waals surface area contributed by atoms with E-state index in [1.165, 1.54) is 36.8 Å². The van der Waals surface area contributed by atoms with E-state index in [9.17, 15) is 20.4 Å². The number of ether oxygens (including phenoxy) is 1. The van der Waals surface area contributed by atoms with Gasteiger partial charge in [0.05, 0.1) is 6.10 Å². The fraction of sp³-hybridized carbons (Fsp3) is 0.520. The van der Waals surface area contributed by atoms with E-state index in [-0.39, 0.29) is 13.0 Å². The summed E-state index contributed by atoms with van der Waals surface area (Å²) >= 11 is 0. The average Bonchev–Trinajstić information content (AvgIpc) is 3.31. The van der Waals surface area contributed by atoms with Gasteiger partial charge in [0.1, 0.15) is 24.1 Å². The van der Waals surface area contributed by atoms with E-state index in [1.807, 2.05) is 24.3 Å². The minimum atomic E-state index is -1.34. The minimum absolute atomic E-state index is 0.264. The Morgan fingerprint density at radius 1 is 0.833 bits per heavy atom. The summed E-state index contributed by atoms with van der Waals surface area (Å²) in [6.07, 6.45) is 1.83. The van der Waals surface area contributed by atoms with Gasteiger partial charge in [0.25, 0.3) is 0 Å². The minimum Gasteiger partial charge on any atom is -0.487 e. The van der Waals surface area contributed by atoms with Crippen LogP contribution < -0.4 is 4.74 Å². The molecule has 5 heteroatoms. The van der Waals surface area contributed by atoms with Crippen molar-refractivity contribution in [2.45, 2.75) is 68.9 Å². The summed E-state index contributed by atoms with van der Waals surface area (Å²) < 4.78 is 6.09. The first-order valence-electron chi connectivity index (χ1n) is 11.0. The number of aliphatic hydroxyl groups excluding tert-OH is 4. The Labute approximate surface area is 178 Å². The quantitative estimate of drug-likeness (QED) is 0.586. The van der Waals surface area contributed by atoms with Crippen molar-refractivity contribution in [3.8, 4) is 5.75 Å². The first-order valence-corrected chi connectivity index (χ1v) is 11.0. The lowest BCUT2D eigenvalue weighted by atomic mass is 9.81. The maximum absolute atomic E-state index is 10.4. The molecule has 4 N–H and O–H groups in total. The van der Waals surface area contributed by atoms with E-state index in [4.69, 9.17) is 4.74 Å². The molecule has 0 aliphatic heterocycles. The molecule has 5 atom stereocenters. The first-order chi connectivity index (χ1) is 14.6. The van der Waals surface area contributed by atoms with Gasteiger partial charge >= 0.3 is 0 Å². The van der Waals surface area contributed by atoms with Crippen LogP contribution in [0, 0.1) is 5.92 Å². The molecule has 4 rings (SSSR count). The highest BCUT2D eigenvalue weighted by Crippen LogP contribution is 2.35. The zero-order valence-electron chi connectivity index (χ0n) is 17.2. The van der Waals surface area contributed by atoms with Crippen LogP contribution in [0.3, 0.4) is 0 Å². The molecule has 162 valence electrons. The monoisotopic (exact) mass is 412 g/mol. The highest BCUT2D eigenvalue weighted by atomic mass is 16.5. The van der Waals surface area contributed by atoms with Gasteiger partial charge in [0.2, 0.25) is 0 Å². The van der Waals surface area contributed by atoms with Gasteiger partial charge in [-0.25, -0.2) is 0 Å². The molecule has 2 aromatic carbocycles. The fourth-order valence-corrected chi connectivity index (χ4v) is 4.89. The molecule has 5 nitrogen and oxygen atoms in total. The van der Waals surface area contributed by atoms with E-state index >= 15 is 0 Å². The Balaban J connectivity index is 1.47. The Bertz CT molecular complexity index is 813. The smallest absolute Gasteiger partial charge is 0.128 e. The Hall–Kier alpha value is -1.92. The maximum atomic E-state index is 10.4. The Morgan fingerprint density at radius 3 is 2.23 bits per heavy atom. The summed E-state index contributed by atoms with van der Waals surface area (Å²) in [5.41, 5.74) is 3.62. The molecule has 0 heterocycles. The van der Waals surface area contributed by atoms with Crippen LogP contribution in [-0.4, -0.2) is 51.4 Å². The van der Waals surface area contributed by atoms with E-state index in [0.717, 1.165) is 5.56 Å². The zero-order valence-corrected chi connectivity index (χ0v) is 17.2. The Kier molecular flexibility index (Phi) is 6.74. The van der Waals surface area contributed by atoms with Crippen LogP contribution in [0.5, 0.6) is 5.75 Å². The van der Waals surface area contributed by atoms with Crippen molar-refractivity contribution in [2.75, 3.05) is 6.61 Å². The highest BCUT2D eigenvalue weighted by molar-refractivity contribution is 5.38. The van der Waals surface area contributed by atoms with Gasteiger partial charge in [-0.05, 0) is 47.9 Å². The molecule has 0 aromatic heterocycles. The van der Waals surface area contributed by atoms with Crippen LogP contribution in [-0.2, 0) is 6.42 Å². The second kappa shape index (κ2) is 9.48. The summed E-state index contributed by atoms with van der Waals surface area (Å²) in [6.45, 7) is -0.264. The number of hydrogen-bond acceptors (Lipinski definition) is 5. The Morgan fingerprint density at radius 2 is 1.53 bits per heavy atom. The molecular formula is C25H32O5. The van der Waals surface area contributed by atoms with Gasteiger partial charge < -0.3 is 25.2 Å². The summed E-state index contributed by atoms with van der Waals surface area (Å²) in [6, 6.07) is 16.5. The fourth-order valence-electron chi connectivity index (χ4n) is 4.89. The molecule has 2 aromatic rings. The molecule has 0 radical (unpaired) electrons. The third-order valence-corrected chi connectivity index (χ3v) is 6.79. The molecule has 30 heavy (non-hydrogen) atoms. The topological polar surface area (TPSA) is 90.2 Å². The van der Waals surface area contributed by atoms with E-state index in [0.29, 0.717) is 18.1 Å². The first kappa shape index (κ1) is 21.3. The molecule has 0 spiro atoms. The second-order valence-electron chi connectivity index (χ2n) is 8.81. The molecule has 0 saturated heterocycles. The van der Waals surface area contributed by atoms with Crippen LogP contribution in [0.25, 0.3) is 0 Å². The number of para-hydroxylation sites is 1. The predicted octanol–water partition coefficient (Wildman–Crippen LogP) is 2.78. The summed E-state index contributed by atoms with van der Waals surface area (Å²) in [5.74, 6) is 0.828. The lowest BCUT2D eigenvalue weighted by Crippen LogP contribution is -2.56. The van der Waals surface area contributed by atoms with Crippen molar-refractivity contribution >= 4 is 0 Å². The predicted molar refractivity (Wildman–Crippen MR) is 115 cm³/mol. The third-order valence-electron chi connectivity index (χ3n) is 6.79. The van der Waals surface area contributed by atoms with Gasteiger partial charge in [-0.1, -0.05) is 55.3 Å². The van der Waals surface area contributed by atoms with Crippen molar-refractivity contribution in [1.82, 2.24) is 0 Å². The number of rotatable bonds is 6. The van der Waals surface area contributed by atoms with Crippen LogP contribution in [0.4, 0.5) is 0 Å². The van der Waals surface area contributed by atoms with Crippen LogP contribution in [0.1, 0.15) is 54.7 Å². The van der Waals surface area contributed by atoms with Gasteiger partial charge in [-0.2, -0.15) is 0 Å². The van der Waals surface area contributed by atoms with Crippen LogP contribution in [0.15, 0.2) is 48.5 Å². The molecule has 0 unspecified atom stereocenters. The second-order valence-corrected chi connectivity index (χ2v) is 8.81. The SMILES string of the molecule is OC[C@H]1C[C@@H](Oc2ccccc2Cc2ccc(C3CCCC3)cc2)[C@H](O)[C@@H](O)[C@@H]1O. The van der Waals surface area contributed by atoms with E-state index in [2.05, 4.69) is 24.3 Å². The van der Waals surface area contributed by atoms with Crippen molar-refractivity contribution in [1.29, 1.82) is 0 Å². The number of hydrogen-bond donors (Lipinski definition) is 4.